The number of fused-ring (bicyclic) bond motifs is 3. The number of carbonyl (C=O) groups is 3. The van der Waals surface area contributed by atoms with Crippen LogP contribution in [-0.4, -0.2) is 90.7 Å². The van der Waals surface area contributed by atoms with E-state index in [1.165, 1.54) is 78.0 Å². The van der Waals surface area contributed by atoms with Gasteiger partial charge in [0.15, 0.2) is 40.9 Å². The highest BCUT2D eigenvalue weighted by Crippen LogP contribution is 2.49. The molecule has 510 valence electrons. The number of ether oxygens (including phenoxy) is 6. The van der Waals surface area contributed by atoms with Crippen LogP contribution in [0.15, 0.2) is 148 Å². The Bertz CT molecular complexity index is 4170. The molecule has 3 heterocycles. The molecule has 0 radical (unpaired) electrons. The van der Waals surface area contributed by atoms with Crippen LogP contribution in [-0.2, 0) is 34.0 Å². The van der Waals surface area contributed by atoms with Gasteiger partial charge in [0.25, 0.3) is 0 Å². The summed E-state index contributed by atoms with van der Waals surface area (Å²) in [5.74, 6) is 1.76. The molecule has 3 aliphatic carbocycles. The fraction of sp³-hybridized carbons (Fsp3) is 0.231. The maximum Gasteiger partial charge on any atom is 0.224 e. The number of carbonyl (C=O) groups excluding carboxylic acids is 3. The van der Waals surface area contributed by atoms with Crippen molar-refractivity contribution in [2.75, 3.05) is 42.7 Å². The zero-order valence-electron chi connectivity index (χ0n) is 57.2. The average Bonchev–Trinajstić information content (AvgIpc) is 1.65. The molecule has 0 bridgehead atoms. The molecule has 6 aromatic carbocycles. The number of oxazole rings is 1. The van der Waals surface area contributed by atoms with E-state index in [2.05, 4.69) is 92.4 Å². The highest BCUT2D eigenvalue weighted by Gasteiger charge is 2.30. The fourth-order valence-corrected chi connectivity index (χ4v) is 13.2. The molecule has 3 aromatic heterocycles. The number of thiazole rings is 2. The first-order valence-corrected chi connectivity index (χ1v) is 33.4. The summed E-state index contributed by atoms with van der Waals surface area (Å²) in [7, 11) is 9.03. The minimum atomic E-state index is -0.0889. The SMILES string of the molecule is COc1cc(/C=C2/C(C)=C(CC(=O)NCc3cncs3)c3cc(C)ccc32)cc(OC)c1O.COc1cc(/C=C2/C(C)=C(CC(=O)NCc3cocn3)c3cc(C)ccc32)cc(OC)c1O.COc1cc(/C=C2/C(C)=C(CC(=O)NCc3nccs3)c3cc(C)ccc32)cc(OC)c1O. The summed E-state index contributed by atoms with van der Waals surface area (Å²) in [6.45, 7) is 13.5. The first-order valence-electron chi connectivity index (χ1n) is 31.6. The van der Waals surface area contributed by atoms with Crippen molar-refractivity contribution in [1.29, 1.82) is 0 Å². The van der Waals surface area contributed by atoms with Crippen molar-refractivity contribution in [2.24, 2.45) is 0 Å². The number of nitrogens with zero attached hydrogens (tertiary/aromatic N) is 3. The molecule has 21 heteroatoms. The molecule has 0 spiro atoms. The number of hydrogen-bond acceptors (Lipinski definition) is 18. The van der Waals surface area contributed by atoms with E-state index in [1.807, 2.05) is 58.2 Å². The van der Waals surface area contributed by atoms with Crippen LogP contribution in [0.2, 0.25) is 0 Å². The van der Waals surface area contributed by atoms with Gasteiger partial charge in [0.2, 0.25) is 35.0 Å². The van der Waals surface area contributed by atoms with Gasteiger partial charge in [-0.05, 0) is 196 Å². The second-order valence-corrected chi connectivity index (χ2v) is 25.6. The van der Waals surface area contributed by atoms with Gasteiger partial charge in [-0.2, -0.15) is 0 Å². The number of rotatable bonds is 21. The van der Waals surface area contributed by atoms with E-state index in [-0.39, 0.29) is 47.8 Å². The second kappa shape index (κ2) is 31.8. The van der Waals surface area contributed by atoms with E-state index in [0.717, 1.165) is 127 Å². The molecule has 0 atom stereocenters. The number of phenols is 3. The van der Waals surface area contributed by atoms with Crippen molar-refractivity contribution in [3.8, 4) is 51.7 Å². The van der Waals surface area contributed by atoms with Crippen molar-refractivity contribution in [1.82, 2.24) is 30.9 Å². The van der Waals surface area contributed by atoms with Crippen molar-refractivity contribution in [2.45, 2.75) is 80.4 Å². The van der Waals surface area contributed by atoms with Gasteiger partial charge in [-0.15, -0.1) is 22.7 Å². The Morgan fingerprint density at radius 2 is 0.828 bits per heavy atom. The van der Waals surface area contributed by atoms with Gasteiger partial charge in [0, 0.05) is 22.7 Å². The maximum absolute atomic E-state index is 12.8. The number of methoxy groups -OCH3 is 6. The Hall–Kier alpha value is -11.2. The maximum atomic E-state index is 12.8. The van der Waals surface area contributed by atoms with E-state index >= 15 is 0 Å². The predicted octanol–water partition coefficient (Wildman–Crippen LogP) is 15.2. The van der Waals surface area contributed by atoms with Gasteiger partial charge in [-0.3, -0.25) is 19.4 Å². The van der Waals surface area contributed by atoms with Crippen LogP contribution < -0.4 is 44.4 Å². The summed E-state index contributed by atoms with van der Waals surface area (Å²) < 4.78 is 36.8. The third-order valence-electron chi connectivity index (χ3n) is 17.2. The van der Waals surface area contributed by atoms with Gasteiger partial charge in [-0.25, -0.2) is 9.97 Å². The molecule has 3 amide bonds. The summed E-state index contributed by atoms with van der Waals surface area (Å²) in [5, 5.41) is 42.4. The lowest BCUT2D eigenvalue weighted by atomic mass is 9.98. The summed E-state index contributed by atoms with van der Waals surface area (Å²) >= 11 is 3.04. The number of benzene rings is 6. The lowest BCUT2D eigenvalue weighted by Gasteiger charge is -2.11. The van der Waals surface area contributed by atoms with Gasteiger partial charge >= 0.3 is 0 Å². The molecule has 0 aliphatic heterocycles. The normalized spacial score (nSPS) is 13.9. The van der Waals surface area contributed by atoms with E-state index < -0.39 is 0 Å². The molecule has 0 saturated carbocycles. The van der Waals surface area contributed by atoms with Crippen molar-refractivity contribution >= 4 is 92.1 Å². The van der Waals surface area contributed by atoms with Crippen LogP contribution in [0.4, 0.5) is 0 Å². The summed E-state index contributed by atoms with van der Waals surface area (Å²) in [5.41, 5.74) is 23.9. The number of hydrogen-bond donors (Lipinski definition) is 6. The van der Waals surface area contributed by atoms with Crippen LogP contribution in [0.5, 0.6) is 51.7 Å². The zero-order chi connectivity index (χ0) is 70.6. The molecule has 9 aromatic rings. The monoisotopic (exact) mass is 1370 g/mol. The summed E-state index contributed by atoms with van der Waals surface area (Å²) in [6.07, 6.45) is 13.3. The largest absolute Gasteiger partial charge is 0.502 e. The number of allylic oxidation sites excluding steroid dienone is 6. The highest BCUT2D eigenvalue weighted by molar-refractivity contribution is 7.09. The summed E-state index contributed by atoms with van der Waals surface area (Å²) in [4.78, 5) is 51.6. The Balaban J connectivity index is 0.000000161. The standard InChI is InChI=1S/C26H26N2O5.2C26H26N2O4S/c1-15-5-6-19-20(8-17-9-23(31-3)26(30)24(10-17)32-4)16(2)21(22(19)7-15)11-25(29)27-12-18-13-33-14-28-18;1-15-5-6-19-20(8-17-9-23(31-3)26(30)24(10-17)32-4)16(2)21(22(19)7-15)11-25(29)28-13-18-12-27-14-33-18;1-15-5-6-18-19(10-17-11-22(31-3)26(30)23(12-17)32-4)16(2)20(21(18)9-15)13-24(29)28-14-25-27-7-8-33-25/h5-10,13-14,30H,11-12H2,1-4H3,(H,27,29);5-10,12,14,30H,11,13H2,1-4H3,(H,28,29);5-12,30H,13-14H2,1-4H3,(H,28,29)/b2*20-8-;19-10-. The first kappa shape index (κ1) is 70.6. The van der Waals surface area contributed by atoms with Crippen LogP contribution in [0, 0.1) is 20.8 Å². The van der Waals surface area contributed by atoms with Gasteiger partial charge < -0.3 is 64.1 Å². The fourth-order valence-electron chi connectivity index (χ4n) is 12.1. The van der Waals surface area contributed by atoms with E-state index in [1.54, 1.807) is 54.3 Å². The smallest absolute Gasteiger partial charge is 0.224 e. The molecule has 0 fully saturated rings. The van der Waals surface area contributed by atoms with Crippen molar-refractivity contribution in [3.63, 3.8) is 0 Å². The molecule has 12 rings (SSSR count). The minimum Gasteiger partial charge on any atom is -0.502 e. The second-order valence-electron chi connectivity index (χ2n) is 23.7. The molecule has 0 unspecified atom stereocenters. The van der Waals surface area contributed by atoms with E-state index in [0.29, 0.717) is 66.2 Å². The van der Waals surface area contributed by atoms with Gasteiger partial charge in [0.05, 0.1) is 92.8 Å². The topological polar surface area (TPSA) is 255 Å². The summed E-state index contributed by atoms with van der Waals surface area (Å²) in [6, 6.07) is 29.4. The Kier molecular flexibility index (Phi) is 22.7. The molecular formula is C78H78N6O13S2. The van der Waals surface area contributed by atoms with Crippen molar-refractivity contribution in [3.05, 3.63) is 226 Å². The van der Waals surface area contributed by atoms with Gasteiger partial charge in [-0.1, -0.05) is 71.3 Å². The number of aromatic nitrogens is 3. The molecule has 0 saturated heterocycles. The lowest BCUT2D eigenvalue weighted by molar-refractivity contribution is -0.121. The van der Waals surface area contributed by atoms with E-state index in [4.69, 9.17) is 32.8 Å². The minimum absolute atomic E-state index is 0.0283. The Morgan fingerprint density at radius 1 is 0.465 bits per heavy atom. The molecular weight excluding hydrogens is 1290 g/mol. The van der Waals surface area contributed by atoms with Gasteiger partial charge in [0.1, 0.15) is 11.3 Å². The third-order valence-corrected chi connectivity index (χ3v) is 18.8. The molecule has 3 aliphatic rings. The number of phenolic OH excluding ortho intramolecular Hbond substituents is 3. The van der Waals surface area contributed by atoms with Crippen LogP contribution in [0.3, 0.4) is 0 Å². The molecule has 19 nitrogen and oxygen atoms in total. The Morgan fingerprint density at radius 3 is 1.14 bits per heavy atom. The predicted molar refractivity (Wildman–Crippen MR) is 389 cm³/mol. The third kappa shape index (κ3) is 16.3. The van der Waals surface area contributed by atoms with Crippen LogP contribution in [0.1, 0.15) is 122 Å². The van der Waals surface area contributed by atoms with Crippen molar-refractivity contribution < 1.29 is 62.5 Å². The van der Waals surface area contributed by atoms with E-state index in [9.17, 15) is 29.7 Å². The Labute approximate surface area is 583 Å². The average molecular weight is 1370 g/mol. The molecule has 6 N–H and O–H groups in total. The lowest BCUT2D eigenvalue weighted by Crippen LogP contribution is -2.22. The highest BCUT2D eigenvalue weighted by atomic mass is 32.1. The number of aromatic hydroxyl groups is 3. The zero-order valence-corrected chi connectivity index (χ0v) is 58.8. The quantitative estimate of drug-likeness (QED) is 0.0391. The van der Waals surface area contributed by atoms with Crippen LogP contribution >= 0.6 is 22.7 Å². The number of nitrogens with one attached hydrogen (secondary N) is 3. The van der Waals surface area contributed by atoms with Crippen LogP contribution in [0.25, 0.3) is 51.7 Å². The number of aryl methyl sites for hydroxylation is 3. The first-order chi connectivity index (χ1) is 47.7. The number of amides is 3. The molecule has 99 heavy (non-hydrogen) atoms.